The van der Waals surface area contributed by atoms with Crippen molar-refractivity contribution in [3.05, 3.63) is 12.2 Å². The van der Waals surface area contributed by atoms with Crippen molar-refractivity contribution in [2.45, 2.75) is 25.0 Å². The Morgan fingerprint density at radius 1 is 1.62 bits per heavy atom. The van der Waals surface area contributed by atoms with E-state index in [0.29, 0.717) is 0 Å². The molecule has 13 heavy (non-hydrogen) atoms. The average Bonchev–Trinajstić information content (AvgIpc) is 1.99. The van der Waals surface area contributed by atoms with Crippen molar-refractivity contribution in [3.63, 3.8) is 0 Å². The van der Waals surface area contributed by atoms with Crippen molar-refractivity contribution < 1.29 is 17.8 Å². The van der Waals surface area contributed by atoms with Gasteiger partial charge < -0.3 is 5.73 Å². The molecule has 0 aromatic carbocycles. The molecule has 5 nitrogen and oxygen atoms in total. The van der Waals surface area contributed by atoms with E-state index in [-0.39, 0.29) is 12.0 Å². The molecule has 0 aliphatic carbocycles. The van der Waals surface area contributed by atoms with Gasteiger partial charge in [-0.25, -0.2) is 0 Å². The standard InChI is InChI=1S/C7H13NO4S/c1-4-7(3,13(10,11)12)5(2)6(8)9/h2,4H2,1,3H3,(H2,8,9)(H,10,11,12). The summed E-state index contributed by atoms with van der Waals surface area (Å²) < 4.78 is 29.0. The lowest BCUT2D eigenvalue weighted by Gasteiger charge is -2.24. The third kappa shape index (κ3) is 2.07. The molecule has 0 fully saturated rings. The van der Waals surface area contributed by atoms with Crippen LogP contribution in [0.2, 0.25) is 0 Å². The second kappa shape index (κ2) is 3.47. The summed E-state index contributed by atoms with van der Waals surface area (Å²) in [6, 6.07) is 0. The number of rotatable bonds is 4. The van der Waals surface area contributed by atoms with E-state index in [0.717, 1.165) is 0 Å². The van der Waals surface area contributed by atoms with E-state index in [1.807, 2.05) is 0 Å². The molecule has 1 unspecified atom stereocenters. The number of carbonyl (C=O) groups excluding carboxylic acids is 1. The molecular formula is C7H13NO4S. The molecule has 0 aromatic rings. The molecule has 0 spiro atoms. The van der Waals surface area contributed by atoms with Crippen molar-refractivity contribution >= 4 is 16.0 Å². The van der Waals surface area contributed by atoms with Crippen LogP contribution < -0.4 is 5.73 Å². The van der Waals surface area contributed by atoms with Crippen LogP contribution in [-0.4, -0.2) is 23.6 Å². The topological polar surface area (TPSA) is 97.5 Å². The van der Waals surface area contributed by atoms with Crippen LogP contribution in [0.25, 0.3) is 0 Å². The summed E-state index contributed by atoms with van der Waals surface area (Å²) in [5.74, 6) is -0.929. The zero-order valence-electron chi connectivity index (χ0n) is 7.57. The van der Waals surface area contributed by atoms with Crippen molar-refractivity contribution in [2.75, 3.05) is 0 Å². The summed E-state index contributed by atoms with van der Waals surface area (Å²) in [7, 11) is -4.36. The number of hydrogen-bond acceptors (Lipinski definition) is 3. The number of amides is 1. The van der Waals surface area contributed by atoms with E-state index in [1.54, 1.807) is 0 Å². The van der Waals surface area contributed by atoms with Gasteiger partial charge in [0, 0.05) is 5.57 Å². The minimum Gasteiger partial charge on any atom is -0.366 e. The van der Waals surface area contributed by atoms with Gasteiger partial charge >= 0.3 is 0 Å². The molecule has 0 bridgehead atoms. The first-order valence-corrected chi connectivity index (χ1v) is 5.07. The second-order valence-electron chi connectivity index (χ2n) is 2.90. The number of primary amides is 1. The number of hydrogen-bond donors (Lipinski definition) is 2. The Morgan fingerprint density at radius 3 is 2.08 bits per heavy atom. The highest BCUT2D eigenvalue weighted by molar-refractivity contribution is 7.87. The minimum atomic E-state index is -4.36. The van der Waals surface area contributed by atoms with Gasteiger partial charge in [-0.1, -0.05) is 13.5 Å². The lowest BCUT2D eigenvalue weighted by atomic mass is 9.98. The summed E-state index contributed by atoms with van der Waals surface area (Å²) >= 11 is 0. The average molecular weight is 207 g/mol. The molecule has 0 radical (unpaired) electrons. The minimum absolute atomic E-state index is 0.0353. The number of nitrogens with two attached hydrogens (primary N) is 1. The zero-order chi connectivity index (χ0) is 10.9. The molecule has 0 saturated heterocycles. The first kappa shape index (κ1) is 12.1. The van der Waals surface area contributed by atoms with E-state index in [2.05, 4.69) is 6.58 Å². The highest BCUT2D eigenvalue weighted by Crippen LogP contribution is 2.27. The maximum absolute atomic E-state index is 10.9. The third-order valence-corrected chi connectivity index (χ3v) is 3.85. The molecule has 0 aliphatic heterocycles. The van der Waals surface area contributed by atoms with Crippen LogP contribution in [0.5, 0.6) is 0 Å². The van der Waals surface area contributed by atoms with E-state index in [4.69, 9.17) is 10.3 Å². The summed E-state index contributed by atoms with van der Waals surface area (Å²) in [6.45, 7) is 5.97. The van der Waals surface area contributed by atoms with Crippen LogP contribution in [0.4, 0.5) is 0 Å². The molecule has 1 amide bonds. The highest BCUT2D eigenvalue weighted by atomic mass is 32.2. The summed E-state index contributed by atoms with van der Waals surface area (Å²) in [6.07, 6.45) is 0.0353. The van der Waals surface area contributed by atoms with Crippen molar-refractivity contribution in [1.82, 2.24) is 0 Å². The van der Waals surface area contributed by atoms with Gasteiger partial charge in [0.1, 0.15) is 4.75 Å². The molecule has 0 aliphatic rings. The van der Waals surface area contributed by atoms with Gasteiger partial charge in [-0.15, -0.1) is 0 Å². The fraction of sp³-hybridized carbons (Fsp3) is 0.571. The highest BCUT2D eigenvalue weighted by Gasteiger charge is 2.41. The Hall–Kier alpha value is -0.880. The Kier molecular flexibility index (Phi) is 3.23. The van der Waals surface area contributed by atoms with Crippen LogP contribution in [0, 0.1) is 0 Å². The van der Waals surface area contributed by atoms with Crippen molar-refractivity contribution in [1.29, 1.82) is 0 Å². The van der Waals surface area contributed by atoms with Crippen LogP contribution >= 0.6 is 0 Å². The van der Waals surface area contributed by atoms with E-state index < -0.39 is 20.8 Å². The Morgan fingerprint density at radius 2 is 2.00 bits per heavy atom. The molecule has 6 heteroatoms. The van der Waals surface area contributed by atoms with E-state index in [9.17, 15) is 13.2 Å². The maximum Gasteiger partial charge on any atom is 0.274 e. The Bertz CT molecular complexity index is 332. The summed E-state index contributed by atoms with van der Waals surface area (Å²) in [5.41, 5.74) is 4.57. The van der Waals surface area contributed by atoms with E-state index >= 15 is 0 Å². The Labute approximate surface area is 77.4 Å². The van der Waals surface area contributed by atoms with Gasteiger partial charge in [0.15, 0.2) is 0 Å². The predicted molar refractivity (Wildman–Crippen MR) is 48.6 cm³/mol. The third-order valence-electron chi connectivity index (χ3n) is 2.18. The smallest absolute Gasteiger partial charge is 0.274 e. The van der Waals surface area contributed by atoms with Gasteiger partial charge in [0.05, 0.1) is 0 Å². The van der Waals surface area contributed by atoms with Gasteiger partial charge in [-0.05, 0) is 13.3 Å². The SMILES string of the molecule is C=C(C(N)=O)C(C)(CC)S(=O)(=O)O. The quantitative estimate of drug-likeness (QED) is 0.504. The second-order valence-corrected chi connectivity index (χ2v) is 4.75. The lowest BCUT2D eigenvalue weighted by molar-refractivity contribution is -0.114. The first-order valence-electron chi connectivity index (χ1n) is 3.63. The number of carbonyl (C=O) groups is 1. The molecule has 0 rings (SSSR count). The first-order chi connectivity index (χ1) is 5.66. The maximum atomic E-state index is 10.9. The summed E-state index contributed by atoms with van der Waals surface area (Å²) in [5, 5.41) is 0. The van der Waals surface area contributed by atoms with Gasteiger partial charge in [0.25, 0.3) is 10.1 Å². The molecular weight excluding hydrogens is 194 g/mol. The van der Waals surface area contributed by atoms with Crippen LogP contribution in [0.3, 0.4) is 0 Å². The monoisotopic (exact) mass is 207 g/mol. The molecule has 0 saturated carbocycles. The van der Waals surface area contributed by atoms with Crippen LogP contribution in [0.15, 0.2) is 12.2 Å². The van der Waals surface area contributed by atoms with Gasteiger partial charge in [0.2, 0.25) is 5.91 Å². The fourth-order valence-electron chi connectivity index (χ4n) is 0.812. The molecule has 0 heterocycles. The molecule has 0 aromatic heterocycles. The van der Waals surface area contributed by atoms with Gasteiger partial charge in [-0.2, -0.15) is 8.42 Å². The molecule has 1 atom stereocenters. The predicted octanol–water partition coefficient (Wildman–Crippen LogP) is 0.0844. The van der Waals surface area contributed by atoms with Crippen LogP contribution in [-0.2, 0) is 14.9 Å². The van der Waals surface area contributed by atoms with Crippen molar-refractivity contribution in [3.8, 4) is 0 Å². The molecule has 3 N–H and O–H groups in total. The van der Waals surface area contributed by atoms with Crippen molar-refractivity contribution in [2.24, 2.45) is 5.73 Å². The van der Waals surface area contributed by atoms with E-state index in [1.165, 1.54) is 13.8 Å². The lowest BCUT2D eigenvalue weighted by Crippen LogP contribution is -2.41. The van der Waals surface area contributed by atoms with Gasteiger partial charge in [-0.3, -0.25) is 9.35 Å². The zero-order valence-corrected chi connectivity index (χ0v) is 8.39. The fourth-order valence-corrected chi connectivity index (χ4v) is 1.59. The van der Waals surface area contributed by atoms with Crippen LogP contribution in [0.1, 0.15) is 20.3 Å². The molecule has 76 valence electrons. The Balaban J connectivity index is 5.33. The normalized spacial score (nSPS) is 16.2. The summed E-state index contributed by atoms with van der Waals surface area (Å²) in [4.78, 5) is 10.7. The largest absolute Gasteiger partial charge is 0.366 e.